The molecule has 19 heavy (non-hydrogen) atoms. The van der Waals surface area contributed by atoms with Gasteiger partial charge in [-0.05, 0) is 49.3 Å². The topological polar surface area (TPSA) is 20.3 Å². The van der Waals surface area contributed by atoms with Gasteiger partial charge in [0.25, 0.3) is 0 Å². The van der Waals surface area contributed by atoms with Crippen molar-refractivity contribution < 1.29 is 4.79 Å². The number of rotatable bonds is 3. The van der Waals surface area contributed by atoms with Crippen LogP contribution in [-0.4, -0.2) is 17.9 Å². The van der Waals surface area contributed by atoms with Crippen molar-refractivity contribution >= 4 is 21.8 Å². The van der Waals surface area contributed by atoms with Gasteiger partial charge in [0.2, 0.25) is 5.91 Å². The van der Waals surface area contributed by atoms with Gasteiger partial charge >= 0.3 is 0 Å². The maximum absolute atomic E-state index is 12.4. The van der Waals surface area contributed by atoms with Crippen molar-refractivity contribution in [3.05, 3.63) is 34.3 Å². The Labute approximate surface area is 124 Å². The number of amides is 1. The van der Waals surface area contributed by atoms with E-state index in [1.54, 1.807) is 0 Å². The highest BCUT2D eigenvalue weighted by Crippen LogP contribution is 2.29. The van der Waals surface area contributed by atoms with Crippen LogP contribution in [0.5, 0.6) is 0 Å². The molecular formula is C16H22BrNO. The van der Waals surface area contributed by atoms with Gasteiger partial charge in [0.1, 0.15) is 0 Å². The van der Waals surface area contributed by atoms with Gasteiger partial charge in [-0.25, -0.2) is 0 Å². The molecule has 2 nitrogen and oxygen atoms in total. The first-order valence-electron chi connectivity index (χ1n) is 7.05. The molecule has 1 aromatic carbocycles. The van der Waals surface area contributed by atoms with Gasteiger partial charge in [-0.2, -0.15) is 0 Å². The van der Waals surface area contributed by atoms with E-state index in [1.165, 1.54) is 18.4 Å². The lowest BCUT2D eigenvalue weighted by molar-refractivity contribution is -0.136. The summed E-state index contributed by atoms with van der Waals surface area (Å²) in [5.74, 6) is 1.35. The lowest BCUT2D eigenvalue weighted by Crippen LogP contribution is -2.34. The van der Waals surface area contributed by atoms with Gasteiger partial charge in [-0.3, -0.25) is 4.79 Å². The van der Waals surface area contributed by atoms with Crippen molar-refractivity contribution in [1.29, 1.82) is 0 Å². The molecule has 3 heteroatoms. The van der Waals surface area contributed by atoms with Crippen LogP contribution >= 0.6 is 15.9 Å². The van der Waals surface area contributed by atoms with Gasteiger partial charge in [0.05, 0.1) is 0 Å². The van der Waals surface area contributed by atoms with Crippen LogP contribution in [0.3, 0.4) is 0 Å². The molecule has 2 rings (SSSR count). The Kier molecular flexibility index (Phi) is 5.03. The van der Waals surface area contributed by atoms with Crippen LogP contribution < -0.4 is 0 Å². The van der Waals surface area contributed by atoms with E-state index >= 15 is 0 Å². The summed E-state index contributed by atoms with van der Waals surface area (Å²) >= 11 is 3.43. The average Bonchev–Trinajstić information content (AvgIpc) is 2.41. The van der Waals surface area contributed by atoms with E-state index < -0.39 is 0 Å². The highest BCUT2D eigenvalue weighted by Gasteiger charge is 2.26. The van der Waals surface area contributed by atoms with Gasteiger partial charge < -0.3 is 4.90 Å². The van der Waals surface area contributed by atoms with E-state index in [0.717, 1.165) is 23.2 Å². The molecule has 0 spiro atoms. The Morgan fingerprint density at radius 3 is 2.37 bits per heavy atom. The highest BCUT2D eigenvalue weighted by molar-refractivity contribution is 9.10. The zero-order valence-electron chi connectivity index (χ0n) is 11.7. The summed E-state index contributed by atoms with van der Waals surface area (Å²) in [5, 5.41) is 0. The zero-order chi connectivity index (χ0) is 13.8. The molecule has 1 aliphatic carbocycles. The van der Waals surface area contributed by atoms with Crippen molar-refractivity contribution in [3.8, 4) is 0 Å². The molecular weight excluding hydrogens is 302 g/mol. The minimum atomic E-state index is 0.247. The second-order valence-corrected chi connectivity index (χ2v) is 6.69. The number of carbonyl (C=O) groups excluding carboxylic acids is 1. The predicted octanol–water partition coefficient (Wildman–Crippen LogP) is 4.23. The van der Waals surface area contributed by atoms with Gasteiger partial charge in [-0.1, -0.05) is 35.0 Å². The summed E-state index contributed by atoms with van der Waals surface area (Å²) in [7, 11) is 1.92. The smallest absolute Gasteiger partial charge is 0.225 e. The number of hydrogen-bond acceptors (Lipinski definition) is 1. The van der Waals surface area contributed by atoms with Crippen LogP contribution in [0, 0.1) is 11.8 Å². The fourth-order valence-electron chi connectivity index (χ4n) is 2.76. The molecule has 1 saturated carbocycles. The second kappa shape index (κ2) is 6.56. The van der Waals surface area contributed by atoms with E-state index in [1.807, 2.05) is 24.1 Å². The molecule has 0 heterocycles. The van der Waals surface area contributed by atoms with Crippen LogP contribution in [0.25, 0.3) is 0 Å². The predicted molar refractivity (Wildman–Crippen MR) is 81.7 cm³/mol. The van der Waals surface area contributed by atoms with E-state index in [4.69, 9.17) is 0 Å². The first-order chi connectivity index (χ1) is 9.06. The van der Waals surface area contributed by atoms with Crippen molar-refractivity contribution in [1.82, 2.24) is 4.90 Å². The molecule has 1 fully saturated rings. The lowest BCUT2D eigenvalue weighted by Gasteiger charge is -2.29. The molecule has 0 saturated heterocycles. The van der Waals surface area contributed by atoms with Crippen molar-refractivity contribution in [2.45, 2.75) is 39.2 Å². The summed E-state index contributed by atoms with van der Waals surface area (Å²) in [4.78, 5) is 14.3. The monoisotopic (exact) mass is 323 g/mol. The summed E-state index contributed by atoms with van der Waals surface area (Å²) in [6.45, 7) is 2.99. The van der Waals surface area contributed by atoms with Crippen LogP contribution in [0.15, 0.2) is 28.7 Å². The van der Waals surface area contributed by atoms with E-state index in [-0.39, 0.29) is 5.92 Å². The summed E-state index contributed by atoms with van der Waals surface area (Å²) in [6, 6.07) is 8.18. The molecule has 1 aromatic rings. The number of nitrogens with zero attached hydrogens (tertiary/aromatic N) is 1. The minimum Gasteiger partial charge on any atom is -0.341 e. The van der Waals surface area contributed by atoms with Crippen LogP contribution in [0.1, 0.15) is 38.2 Å². The standard InChI is InChI=1S/C16H22BrNO/c1-12-3-7-14(8-4-12)16(19)18(2)11-13-5-9-15(17)10-6-13/h5-6,9-10,12,14H,3-4,7-8,11H2,1-2H3. The third-order valence-electron chi connectivity index (χ3n) is 4.07. The molecule has 0 atom stereocenters. The molecule has 1 amide bonds. The third kappa shape index (κ3) is 4.07. The maximum Gasteiger partial charge on any atom is 0.225 e. The third-order valence-corrected chi connectivity index (χ3v) is 4.60. The molecule has 0 aromatic heterocycles. The van der Waals surface area contributed by atoms with Gasteiger partial charge in [-0.15, -0.1) is 0 Å². The summed E-state index contributed by atoms with van der Waals surface area (Å²) in [5.41, 5.74) is 1.18. The summed E-state index contributed by atoms with van der Waals surface area (Å²) in [6.07, 6.45) is 4.51. The van der Waals surface area contributed by atoms with Gasteiger partial charge in [0, 0.05) is 24.0 Å². The molecule has 1 aliphatic rings. The van der Waals surface area contributed by atoms with Crippen molar-refractivity contribution in [2.75, 3.05) is 7.05 Å². The van der Waals surface area contributed by atoms with Crippen LogP contribution in [0.4, 0.5) is 0 Å². The molecule has 0 unspecified atom stereocenters. The highest BCUT2D eigenvalue weighted by atomic mass is 79.9. The van der Waals surface area contributed by atoms with E-state index in [2.05, 4.69) is 35.0 Å². The number of benzene rings is 1. The first-order valence-corrected chi connectivity index (χ1v) is 7.85. The minimum absolute atomic E-state index is 0.247. The van der Waals surface area contributed by atoms with Crippen LogP contribution in [-0.2, 0) is 11.3 Å². The second-order valence-electron chi connectivity index (χ2n) is 5.78. The van der Waals surface area contributed by atoms with Crippen molar-refractivity contribution in [3.63, 3.8) is 0 Å². The van der Waals surface area contributed by atoms with Crippen LogP contribution in [0.2, 0.25) is 0 Å². The molecule has 0 N–H and O–H groups in total. The zero-order valence-corrected chi connectivity index (χ0v) is 13.3. The molecule has 0 radical (unpaired) electrons. The Morgan fingerprint density at radius 1 is 1.21 bits per heavy atom. The summed E-state index contributed by atoms with van der Waals surface area (Å²) < 4.78 is 1.08. The Morgan fingerprint density at radius 2 is 1.79 bits per heavy atom. The Balaban J connectivity index is 1.90. The quantitative estimate of drug-likeness (QED) is 0.815. The maximum atomic E-state index is 12.4. The Bertz CT molecular complexity index is 421. The SMILES string of the molecule is CC1CCC(C(=O)N(C)Cc2ccc(Br)cc2)CC1. The number of carbonyl (C=O) groups is 1. The van der Waals surface area contributed by atoms with E-state index in [9.17, 15) is 4.79 Å². The molecule has 0 bridgehead atoms. The van der Waals surface area contributed by atoms with E-state index in [0.29, 0.717) is 12.5 Å². The lowest BCUT2D eigenvalue weighted by atomic mass is 9.82. The Hall–Kier alpha value is -0.830. The number of halogens is 1. The fourth-order valence-corrected chi connectivity index (χ4v) is 3.02. The molecule has 104 valence electrons. The normalized spacial score (nSPS) is 23.1. The largest absolute Gasteiger partial charge is 0.341 e. The fraction of sp³-hybridized carbons (Fsp3) is 0.562. The molecule has 0 aliphatic heterocycles. The average molecular weight is 324 g/mol. The van der Waals surface area contributed by atoms with Gasteiger partial charge in [0.15, 0.2) is 0 Å². The van der Waals surface area contributed by atoms with Crippen molar-refractivity contribution in [2.24, 2.45) is 11.8 Å². The first kappa shape index (κ1) is 14.6. The number of hydrogen-bond donors (Lipinski definition) is 0.